The summed E-state index contributed by atoms with van der Waals surface area (Å²) in [5.74, 6) is -0.104. The minimum absolute atomic E-state index is 0. The largest absolute Gasteiger partial charge is 0.416 e. The van der Waals surface area contributed by atoms with E-state index in [9.17, 15) is 18.0 Å². The zero-order valence-electron chi connectivity index (χ0n) is 13.7. The third-order valence-electron chi connectivity index (χ3n) is 5.74. The molecule has 4 rings (SSSR count). The van der Waals surface area contributed by atoms with Crippen molar-refractivity contribution < 1.29 is 18.0 Å². The summed E-state index contributed by atoms with van der Waals surface area (Å²) >= 11 is 0. The van der Waals surface area contributed by atoms with E-state index in [1.54, 1.807) is 6.07 Å². The molecule has 2 N–H and O–H groups in total. The molecule has 1 aliphatic carbocycles. The smallest absolute Gasteiger partial charge is 0.352 e. The monoisotopic (exact) mass is 374 g/mol. The van der Waals surface area contributed by atoms with Gasteiger partial charge < -0.3 is 10.6 Å². The lowest BCUT2D eigenvalue weighted by Gasteiger charge is -2.31. The van der Waals surface area contributed by atoms with E-state index in [1.807, 2.05) is 0 Å². The Bertz CT molecular complexity index is 648. The van der Waals surface area contributed by atoms with E-state index in [0.29, 0.717) is 30.5 Å². The van der Waals surface area contributed by atoms with Crippen molar-refractivity contribution in [3.63, 3.8) is 0 Å². The molecule has 1 saturated carbocycles. The highest BCUT2D eigenvalue weighted by atomic mass is 35.5. The maximum atomic E-state index is 12.9. The highest BCUT2D eigenvalue weighted by Crippen LogP contribution is 2.49. The van der Waals surface area contributed by atoms with Gasteiger partial charge in [0.15, 0.2) is 0 Å². The molecule has 7 heteroatoms. The molecule has 25 heavy (non-hydrogen) atoms. The highest BCUT2D eigenvalue weighted by Gasteiger charge is 2.52. The van der Waals surface area contributed by atoms with Crippen LogP contribution >= 0.6 is 12.4 Å². The van der Waals surface area contributed by atoms with Crippen LogP contribution in [0.1, 0.15) is 49.7 Å². The minimum Gasteiger partial charge on any atom is -0.352 e. The summed E-state index contributed by atoms with van der Waals surface area (Å²) in [6.45, 7) is 0. The molecule has 0 aromatic heterocycles. The standard InChI is InChI=1S/C18H21F3N2O.ClH/c19-18(20,21)12-3-1-2-11(8-12)17(6-7-17)16(24)23-15-9-13-4-5-14(10-15)22-13;/h1-3,8,13-15,22H,4-7,9-10H2,(H,23,24);1H. The summed E-state index contributed by atoms with van der Waals surface area (Å²) in [4.78, 5) is 12.8. The molecule has 2 atom stereocenters. The first-order valence-corrected chi connectivity index (χ1v) is 8.62. The summed E-state index contributed by atoms with van der Waals surface area (Å²) in [5.41, 5.74) is -0.948. The summed E-state index contributed by atoms with van der Waals surface area (Å²) in [7, 11) is 0. The number of alkyl halides is 3. The number of piperidine rings is 1. The average Bonchev–Trinajstić information content (AvgIpc) is 3.28. The van der Waals surface area contributed by atoms with Crippen LogP contribution < -0.4 is 10.6 Å². The number of nitrogens with one attached hydrogen (secondary N) is 2. The van der Waals surface area contributed by atoms with Gasteiger partial charge >= 0.3 is 6.18 Å². The van der Waals surface area contributed by atoms with Crippen molar-refractivity contribution >= 4 is 18.3 Å². The quantitative estimate of drug-likeness (QED) is 0.849. The molecule has 0 radical (unpaired) electrons. The second kappa shape index (κ2) is 6.47. The summed E-state index contributed by atoms with van der Waals surface area (Å²) in [6, 6.07) is 6.32. The number of carbonyl (C=O) groups is 1. The van der Waals surface area contributed by atoms with Crippen LogP contribution in [0, 0.1) is 0 Å². The Morgan fingerprint density at radius 3 is 2.36 bits per heavy atom. The molecule has 2 saturated heterocycles. The molecule has 3 nitrogen and oxygen atoms in total. The fourth-order valence-corrected chi connectivity index (χ4v) is 4.26. The molecule has 3 fully saturated rings. The van der Waals surface area contributed by atoms with E-state index in [2.05, 4.69) is 10.6 Å². The maximum Gasteiger partial charge on any atom is 0.416 e. The molecule has 2 unspecified atom stereocenters. The Morgan fingerprint density at radius 2 is 1.80 bits per heavy atom. The fraction of sp³-hybridized carbons (Fsp3) is 0.611. The second-order valence-electron chi connectivity index (χ2n) is 7.44. The predicted molar refractivity (Wildman–Crippen MR) is 90.7 cm³/mol. The minimum atomic E-state index is -4.38. The fourth-order valence-electron chi connectivity index (χ4n) is 4.26. The number of halogens is 4. The van der Waals surface area contributed by atoms with Crippen molar-refractivity contribution in [2.24, 2.45) is 0 Å². The molecular weight excluding hydrogens is 353 g/mol. The molecule has 2 bridgehead atoms. The zero-order chi connectivity index (χ0) is 16.9. The van der Waals surface area contributed by atoms with E-state index in [-0.39, 0.29) is 24.4 Å². The predicted octanol–water partition coefficient (Wildman–Crippen LogP) is 3.56. The van der Waals surface area contributed by atoms with Crippen molar-refractivity contribution in [2.75, 3.05) is 0 Å². The normalized spacial score (nSPS) is 29.6. The molecule has 2 aliphatic heterocycles. The van der Waals surface area contributed by atoms with Crippen LogP contribution in [0.15, 0.2) is 24.3 Å². The number of rotatable bonds is 3. The first kappa shape index (κ1) is 18.5. The Balaban J connectivity index is 0.00000182. The van der Waals surface area contributed by atoms with Crippen LogP contribution in [0.3, 0.4) is 0 Å². The number of carbonyl (C=O) groups excluding carboxylic acids is 1. The third-order valence-corrected chi connectivity index (χ3v) is 5.74. The summed E-state index contributed by atoms with van der Waals surface area (Å²) in [5, 5.41) is 6.65. The Kier molecular flexibility index (Phi) is 4.79. The van der Waals surface area contributed by atoms with Gasteiger partial charge in [-0.2, -0.15) is 13.2 Å². The summed E-state index contributed by atoms with van der Waals surface area (Å²) < 4.78 is 38.8. The number of fused-ring (bicyclic) bond motifs is 2. The molecule has 1 aromatic carbocycles. The number of hydrogen-bond donors (Lipinski definition) is 2. The summed E-state index contributed by atoms with van der Waals surface area (Å²) in [6.07, 6.45) is 1.00. The van der Waals surface area contributed by atoms with Gasteiger partial charge in [-0.15, -0.1) is 12.4 Å². The van der Waals surface area contributed by atoms with Crippen LogP contribution in [0.2, 0.25) is 0 Å². The van der Waals surface area contributed by atoms with Crippen molar-refractivity contribution in [3.05, 3.63) is 35.4 Å². The molecule has 2 heterocycles. The molecule has 0 spiro atoms. The van der Waals surface area contributed by atoms with E-state index >= 15 is 0 Å². The first-order chi connectivity index (χ1) is 11.4. The van der Waals surface area contributed by atoms with Crippen LogP contribution in [-0.2, 0) is 16.4 Å². The molecule has 1 aromatic rings. The molecule has 3 aliphatic rings. The zero-order valence-corrected chi connectivity index (χ0v) is 14.6. The third kappa shape index (κ3) is 3.51. The second-order valence-corrected chi connectivity index (χ2v) is 7.44. The van der Waals surface area contributed by atoms with Crippen LogP contribution in [-0.4, -0.2) is 24.0 Å². The van der Waals surface area contributed by atoms with Crippen LogP contribution in [0.4, 0.5) is 13.2 Å². The lowest BCUT2D eigenvalue weighted by atomic mass is 9.91. The van der Waals surface area contributed by atoms with Gasteiger partial charge in [-0.1, -0.05) is 18.2 Å². The van der Waals surface area contributed by atoms with Gasteiger partial charge in [0.05, 0.1) is 11.0 Å². The van der Waals surface area contributed by atoms with Crippen molar-refractivity contribution in [1.29, 1.82) is 0 Å². The average molecular weight is 375 g/mol. The van der Waals surface area contributed by atoms with Crippen molar-refractivity contribution in [1.82, 2.24) is 10.6 Å². The van der Waals surface area contributed by atoms with Gasteiger partial charge in [-0.05, 0) is 50.2 Å². The van der Waals surface area contributed by atoms with Gasteiger partial charge in [0, 0.05) is 18.1 Å². The van der Waals surface area contributed by atoms with Crippen LogP contribution in [0.25, 0.3) is 0 Å². The Labute approximate surface area is 151 Å². The van der Waals surface area contributed by atoms with Crippen molar-refractivity contribution in [2.45, 2.75) is 68.2 Å². The van der Waals surface area contributed by atoms with E-state index in [1.165, 1.54) is 6.07 Å². The van der Waals surface area contributed by atoms with E-state index < -0.39 is 17.2 Å². The van der Waals surface area contributed by atoms with Gasteiger partial charge in [-0.25, -0.2) is 0 Å². The van der Waals surface area contributed by atoms with Gasteiger partial charge in [0.25, 0.3) is 0 Å². The maximum absolute atomic E-state index is 12.9. The number of amides is 1. The molecular formula is C18H22ClF3N2O. The van der Waals surface area contributed by atoms with Gasteiger partial charge in [0.2, 0.25) is 5.91 Å². The first-order valence-electron chi connectivity index (χ1n) is 8.62. The molecule has 138 valence electrons. The molecule has 1 amide bonds. The number of benzene rings is 1. The van der Waals surface area contributed by atoms with E-state index in [4.69, 9.17) is 0 Å². The van der Waals surface area contributed by atoms with Crippen LogP contribution in [0.5, 0.6) is 0 Å². The highest BCUT2D eigenvalue weighted by molar-refractivity contribution is 5.91. The Hall–Kier alpha value is -1.27. The lowest BCUT2D eigenvalue weighted by Crippen LogP contribution is -2.50. The number of hydrogen-bond acceptors (Lipinski definition) is 2. The van der Waals surface area contributed by atoms with Gasteiger partial charge in [-0.3, -0.25) is 4.79 Å². The Morgan fingerprint density at radius 1 is 1.16 bits per heavy atom. The SMILES string of the molecule is Cl.O=C(NC1CC2CCC(C1)N2)C1(c2cccc(C(F)(F)F)c2)CC1. The van der Waals surface area contributed by atoms with Crippen molar-refractivity contribution in [3.8, 4) is 0 Å². The van der Waals surface area contributed by atoms with E-state index in [0.717, 1.165) is 37.8 Å². The van der Waals surface area contributed by atoms with Gasteiger partial charge in [0.1, 0.15) is 0 Å². The topological polar surface area (TPSA) is 41.1 Å². The lowest BCUT2D eigenvalue weighted by molar-refractivity contribution is -0.137.